The van der Waals surface area contributed by atoms with Crippen LogP contribution in [0.1, 0.15) is 54.2 Å². The van der Waals surface area contributed by atoms with Gasteiger partial charge in [-0.1, -0.05) is 24.3 Å². The molecule has 0 unspecified atom stereocenters. The van der Waals surface area contributed by atoms with Crippen LogP contribution in [-0.4, -0.2) is 27.4 Å². The first-order valence-electron chi connectivity index (χ1n) is 8.58. The molecule has 26 heavy (non-hydrogen) atoms. The highest BCUT2D eigenvalue weighted by molar-refractivity contribution is 5.96. The van der Waals surface area contributed by atoms with Crippen molar-refractivity contribution in [1.82, 2.24) is 9.88 Å². The van der Waals surface area contributed by atoms with Crippen LogP contribution in [0.3, 0.4) is 0 Å². The number of pyridine rings is 1. The fourth-order valence-electron chi connectivity index (χ4n) is 3.33. The second-order valence-electron chi connectivity index (χ2n) is 7.11. The Kier molecular flexibility index (Phi) is 4.56. The van der Waals surface area contributed by atoms with Crippen LogP contribution in [0.4, 0.5) is 0 Å². The van der Waals surface area contributed by atoms with Gasteiger partial charge in [-0.2, -0.15) is 5.26 Å². The van der Waals surface area contributed by atoms with Gasteiger partial charge in [0.15, 0.2) is 0 Å². The van der Waals surface area contributed by atoms with Crippen molar-refractivity contribution < 1.29 is 9.90 Å². The van der Waals surface area contributed by atoms with E-state index in [4.69, 9.17) is 0 Å². The Labute approximate surface area is 151 Å². The number of nitrogens with one attached hydrogen (secondary N) is 1. The van der Waals surface area contributed by atoms with Crippen LogP contribution in [0, 0.1) is 11.3 Å². The molecule has 0 saturated carbocycles. The molecule has 1 aliphatic rings. The quantitative estimate of drug-likeness (QED) is 0.888. The van der Waals surface area contributed by atoms with E-state index in [2.05, 4.69) is 11.1 Å². The van der Waals surface area contributed by atoms with E-state index in [9.17, 15) is 20.0 Å². The Balaban J connectivity index is 1.87. The maximum Gasteiger partial charge on any atom is 0.259 e. The first-order chi connectivity index (χ1) is 12.3. The third kappa shape index (κ3) is 3.21. The van der Waals surface area contributed by atoms with Crippen LogP contribution >= 0.6 is 0 Å². The summed E-state index contributed by atoms with van der Waals surface area (Å²) in [5.74, 6) is -0.613. The molecule has 0 bridgehead atoms. The molecule has 1 aromatic carbocycles. The number of hydrogen-bond donors (Lipinski definition) is 2. The summed E-state index contributed by atoms with van der Waals surface area (Å²) < 4.78 is 0. The molecule has 6 nitrogen and oxygen atoms in total. The minimum atomic E-state index is -0.564. The summed E-state index contributed by atoms with van der Waals surface area (Å²) in [6, 6.07) is 11.0. The maximum absolute atomic E-state index is 12.8. The van der Waals surface area contributed by atoms with Gasteiger partial charge in [-0.15, -0.1) is 0 Å². The number of benzene rings is 1. The summed E-state index contributed by atoms with van der Waals surface area (Å²) in [7, 11) is 0. The topological polar surface area (TPSA) is 97.2 Å². The predicted octanol–water partition coefficient (Wildman–Crippen LogP) is 2.86. The molecule has 1 aromatic heterocycles. The summed E-state index contributed by atoms with van der Waals surface area (Å²) in [4.78, 5) is 28.2. The van der Waals surface area contributed by atoms with Crippen molar-refractivity contribution in [2.75, 3.05) is 6.54 Å². The zero-order chi connectivity index (χ0) is 18.9. The number of rotatable bonds is 3. The summed E-state index contributed by atoms with van der Waals surface area (Å²) >= 11 is 0. The van der Waals surface area contributed by atoms with Gasteiger partial charge in [0, 0.05) is 18.8 Å². The van der Waals surface area contributed by atoms with Crippen LogP contribution in [0.25, 0.3) is 0 Å². The molecule has 0 aliphatic carbocycles. The number of nitriles is 1. The van der Waals surface area contributed by atoms with Crippen LogP contribution in [0.15, 0.2) is 41.3 Å². The number of likely N-dealkylation sites (tertiary alicyclic amines) is 1. The molecule has 1 amide bonds. The predicted molar refractivity (Wildman–Crippen MR) is 96.8 cm³/mol. The molecular weight excluding hydrogens is 330 g/mol. The van der Waals surface area contributed by atoms with Gasteiger partial charge in [-0.25, -0.2) is 0 Å². The largest absolute Gasteiger partial charge is 0.507 e. The fraction of sp³-hybridized carbons (Fsp3) is 0.350. The molecule has 3 rings (SSSR count). The smallest absolute Gasteiger partial charge is 0.259 e. The summed E-state index contributed by atoms with van der Waals surface area (Å²) in [6.07, 6.45) is 2.96. The Bertz CT molecular complexity index is 923. The normalized spacial score (nSPS) is 17.1. The van der Waals surface area contributed by atoms with Gasteiger partial charge in [0.05, 0.1) is 23.1 Å². The van der Waals surface area contributed by atoms with Crippen molar-refractivity contribution in [3.8, 4) is 11.8 Å². The van der Waals surface area contributed by atoms with Gasteiger partial charge in [-0.05, 0) is 37.8 Å². The Morgan fingerprint density at radius 3 is 2.65 bits per heavy atom. The second-order valence-corrected chi connectivity index (χ2v) is 7.11. The Morgan fingerprint density at radius 1 is 1.35 bits per heavy atom. The highest BCUT2D eigenvalue weighted by Gasteiger charge is 2.32. The van der Waals surface area contributed by atoms with Crippen molar-refractivity contribution in [2.24, 2.45) is 0 Å². The first-order valence-corrected chi connectivity index (χ1v) is 8.58. The van der Waals surface area contributed by atoms with E-state index in [0.717, 1.165) is 30.0 Å². The average Bonchev–Trinajstić information content (AvgIpc) is 3.11. The summed E-state index contributed by atoms with van der Waals surface area (Å²) in [5.41, 5.74) is 1.01. The molecule has 2 N–H and O–H groups in total. The molecule has 134 valence electrons. The third-order valence-corrected chi connectivity index (χ3v) is 4.94. The van der Waals surface area contributed by atoms with Crippen molar-refractivity contribution in [1.29, 1.82) is 5.26 Å². The minimum absolute atomic E-state index is 0.0897. The number of aromatic hydroxyl groups is 1. The van der Waals surface area contributed by atoms with Gasteiger partial charge >= 0.3 is 0 Å². The molecule has 1 saturated heterocycles. The Hall–Kier alpha value is -3.07. The molecule has 2 aromatic rings. The van der Waals surface area contributed by atoms with E-state index in [1.165, 1.54) is 6.20 Å². The third-order valence-electron chi connectivity index (χ3n) is 4.94. The number of carbonyl (C=O) groups is 1. The Morgan fingerprint density at radius 2 is 2.04 bits per heavy atom. The van der Waals surface area contributed by atoms with Crippen molar-refractivity contribution in [2.45, 2.75) is 38.1 Å². The van der Waals surface area contributed by atoms with Gasteiger partial charge in [-0.3, -0.25) is 9.59 Å². The summed E-state index contributed by atoms with van der Waals surface area (Å²) in [6.45, 7) is 4.33. The zero-order valence-electron chi connectivity index (χ0n) is 14.8. The molecule has 2 heterocycles. The standard InChI is InChI=1S/C20H21N3O3/c1-20(2,12-21)14-7-5-13(6-8-14)16-4-3-9-23(16)19(26)15-11-22-18(25)10-17(15)24/h5-8,10-11,16H,3-4,9H2,1-2H3,(H2,22,24,25)/t16-/m1/s1. The average molecular weight is 351 g/mol. The number of hydrogen-bond acceptors (Lipinski definition) is 4. The van der Waals surface area contributed by atoms with E-state index in [1.54, 1.807) is 4.90 Å². The van der Waals surface area contributed by atoms with Crippen molar-refractivity contribution in [3.05, 3.63) is 63.6 Å². The van der Waals surface area contributed by atoms with Gasteiger partial charge in [0.1, 0.15) is 5.75 Å². The first kappa shape index (κ1) is 17.7. The number of aromatic nitrogens is 1. The lowest BCUT2D eigenvalue weighted by molar-refractivity contribution is 0.0732. The number of carbonyl (C=O) groups excluding carboxylic acids is 1. The van der Waals surface area contributed by atoms with Gasteiger partial charge < -0.3 is 15.0 Å². The van der Waals surface area contributed by atoms with E-state index >= 15 is 0 Å². The zero-order valence-corrected chi connectivity index (χ0v) is 14.8. The van der Waals surface area contributed by atoms with Gasteiger partial charge in [0.2, 0.25) is 0 Å². The van der Waals surface area contributed by atoms with E-state index in [1.807, 2.05) is 38.1 Å². The lowest BCUT2D eigenvalue weighted by Crippen LogP contribution is -2.31. The summed E-state index contributed by atoms with van der Waals surface area (Å²) in [5, 5.41) is 19.2. The highest BCUT2D eigenvalue weighted by atomic mass is 16.3. The monoisotopic (exact) mass is 351 g/mol. The molecule has 1 atom stereocenters. The molecular formula is C20H21N3O3. The number of aromatic amines is 1. The highest BCUT2D eigenvalue weighted by Crippen LogP contribution is 2.35. The fourth-order valence-corrected chi connectivity index (χ4v) is 3.33. The molecule has 0 radical (unpaired) electrons. The van der Waals surface area contributed by atoms with Crippen molar-refractivity contribution in [3.63, 3.8) is 0 Å². The van der Waals surface area contributed by atoms with Crippen LogP contribution in [-0.2, 0) is 5.41 Å². The maximum atomic E-state index is 12.8. The second kappa shape index (κ2) is 6.68. The molecule has 0 spiro atoms. The van der Waals surface area contributed by atoms with Crippen LogP contribution in [0.5, 0.6) is 5.75 Å². The van der Waals surface area contributed by atoms with Crippen molar-refractivity contribution >= 4 is 5.91 Å². The van der Waals surface area contributed by atoms with Crippen LogP contribution < -0.4 is 5.56 Å². The molecule has 1 aliphatic heterocycles. The SMILES string of the molecule is CC(C)(C#N)c1ccc([C@H]2CCCN2C(=O)c2c[nH]c(=O)cc2O)cc1. The van der Waals surface area contributed by atoms with E-state index in [-0.39, 0.29) is 23.3 Å². The number of nitrogens with zero attached hydrogens (tertiary/aromatic N) is 2. The minimum Gasteiger partial charge on any atom is -0.507 e. The number of H-pyrrole nitrogens is 1. The van der Waals surface area contributed by atoms with E-state index in [0.29, 0.717) is 6.54 Å². The molecule has 6 heteroatoms. The lowest BCUT2D eigenvalue weighted by atomic mass is 9.85. The van der Waals surface area contributed by atoms with Crippen LogP contribution in [0.2, 0.25) is 0 Å². The molecule has 1 fully saturated rings. The van der Waals surface area contributed by atoms with Gasteiger partial charge in [0.25, 0.3) is 11.5 Å². The lowest BCUT2D eigenvalue weighted by Gasteiger charge is -2.26. The number of amides is 1. The van der Waals surface area contributed by atoms with E-state index < -0.39 is 11.0 Å².